The zero-order valence-corrected chi connectivity index (χ0v) is 14.8. The fourth-order valence-corrected chi connectivity index (χ4v) is 4.22. The van der Waals surface area contributed by atoms with E-state index in [2.05, 4.69) is 9.59 Å². The number of hydrogen-bond donors (Lipinski definition) is 0. The molecule has 2 aromatic rings. The van der Waals surface area contributed by atoms with Gasteiger partial charge in [0, 0.05) is 6.54 Å². The zero-order chi connectivity index (χ0) is 18.5. The fourth-order valence-electron chi connectivity index (χ4n) is 3.59. The Balaban J connectivity index is 1.55. The average molecular weight is 378 g/mol. The molecule has 1 aromatic carbocycles. The number of hydrogen-bond acceptors (Lipinski definition) is 5. The van der Waals surface area contributed by atoms with Gasteiger partial charge in [0.1, 0.15) is 4.88 Å². The van der Waals surface area contributed by atoms with Crippen LogP contribution in [0.2, 0.25) is 0 Å². The van der Waals surface area contributed by atoms with Crippen molar-refractivity contribution < 1.29 is 18.4 Å². The van der Waals surface area contributed by atoms with Crippen molar-refractivity contribution in [1.82, 2.24) is 19.4 Å². The summed E-state index contributed by atoms with van der Waals surface area (Å²) in [5.41, 5.74) is -3.92. The van der Waals surface area contributed by atoms with Crippen LogP contribution in [0.5, 0.6) is 0 Å². The molecular weight excluding hydrogens is 362 g/mol. The van der Waals surface area contributed by atoms with Crippen LogP contribution >= 0.6 is 11.5 Å². The number of carbonyl (C=O) groups excluding carboxylic acids is 2. The minimum absolute atomic E-state index is 0.142. The van der Waals surface area contributed by atoms with Gasteiger partial charge in [-0.25, -0.2) is 8.78 Å². The number of aromatic nitrogens is 2. The molecule has 6 nitrogen and oxygen atoms in total. The van der Waals surface area contributed by atoms with E-state index in [1.165, 1.54) is 4.90 Å². The molecule has 2 amide bonds. The highest BCUT2D eigenvalue weighted by Crippen LogP contribution is 2.46. The van der Waals surface area contributed by atoms with Crippen LogP contribution in [0.15, 0.2) is 30.3 Å². The lowest BCUT2D eigenvalue weighted by atomic mass is 9.93. The lowest BCUT2D eigenvalue weighted by molar-refractivity contribution is -0.139. The van der Waals surface area contributed by atoms with E-state index >= 15 is 8.78 Å². The number of rotatable bonds is 3. The minimum atomic E-state index is -2.72. The van der Waals surface area contributed by atoms with Crippen LogP contribution in [0, 0.1) is 6.92 Å². The predicted molar refractivity (Wildman–Crippen MR) is 90.1 cm³/mol. The topological polar surface area (TPSA) is 66.4 Å². The molecule has 0 spiro atoms. The van der Waals surface area contributed by atoms with Crippen LogP contribution in [-0.2, 0) is 11.3 Å². The Morgan fingerprint density at radius 1 is 1.23 bits per heavy atom. The van der Waals surface area contributed by atoms with Crippen LogP contribution in [0.1, 0.15) is 20.9 Å². The number of halogens is 2. The SMILES string of the molecule is Cc1nnsc1C(=O)N1C[C@]2(F)CN(Cc3ccccc3)C(=O)[C@]2(F)C1. The molecule has 136 valence electrons. The maximum Gasteiger partial charge on any atom is 0.267 e. The largest absolute Gasteiger partial charge is 0.332 e. The number of benzene rings is 1. The van der Waals surface area contributed by atoms with Gasteiger partial charge in [0.15, 0.2) is 5.67 Å². The third-order valence-electron chi connectivity index (χ3n) is 4.98. The van der Waals surface area contributed by atoms with E-state index in [4.69, 9.17) is 0 Å². The summed E-state index contributed by atoms with van der Waals surface area (Å²) in [4.78, 5) is 27.6. The van der Waals surface area contributed by atoms with Crippen LogP contribution in [-0.4, -0.2) is 62.2 Å². The van der Waals surface area contributed by atoms with E-state index in [1.54, 1.807) is 31.2 Å². The Labute approximate surface area is 152 Å². The quantitative estimate of drug-likeness (QED) is 0.816. The summed E-state index contributed by atoms with van der Waals surface area (Å²) in [5, 5.41) is 3.75. The van der Waals surface area contributed by atoms with E-state index in [-0.39, 0.29) is 18.0 Å². The molecule has 26 heavy (non-hydrogen) atoms. The van der Waals surface area contributed by atoms with Crippen molar-refractivity contribution in [2.24, 2.45) is 0 Å². The van der Waals surface area contributed by atoms with Crippen molar-refractivity contribution in [3.63, 3.8) is 0 Å². The number of likely N-dealkylation sites (tertiary alicyclic amines) is 2. The zero-order valence-electron chi connectivity index (χ0n) is 14.0. The summed E-state index contributed by atoms with van der Waals surface area (Å²) in [7, 11) is 0. The minimum Gasteiger partial charge on any atom is -0.332 e. The summed E-state index contributed by atoms with van der Waals surface area (Å²) in [6, 6.07) is 9.04. The summed E-state index contributed by atoms with van der Waals surface area (Å²) in [6.07, 6.45) is 0. The second-order valence-corrected chi connectivity index (χ2v) is 7.52. The van der Waals surface area contributed by atoms with Crippen molar-refractivity contribution in [3.05, 3.63) is 46.5 Å². The summed E-state index contributed by atoms with van der Waals surface area (Å²) in [5.74, 6) is -1.44. The molecule has 4 rings (SSSR count). The second-order valence-electron chi connectivity index (χ2n) is 6.76. The Bertz CT molecular complexity index is 877. The van der Waals surface area contributed by atoms with Gasteiger partial charge in [-0.15, -0.1) is 5.10 Å². The summed E-state index contributed by atoms with van der Waals surface area (Å²) in [6.45, 7) is 0.321. The monoisotopic (exact) mass is 378 g/mol. The molecule has 2 saturated heterocycles. The number of alkyl halides is 2. The maximum atomic E-state index is 15.4. The molecule has 0 radical (unpaired) electrons. The van der Waals surface area contributed by atoms with Crippen molar-refractivity contribution in [2.45, 2.75) is 24.8 Å². The molecule has 2 atom stereocenters. The molecule has 0 aliphatic carbocycles. The van der Waals surface area contributed by atoms with Crippen molar-refractivity contribution in [2.75, 3.05) is 19.6 Å². The van der Waals surface area contributed by atoms with Crippen molar-refractivity contribution in [1.29, 1.82) is 0 Å². The van der Waals surface area contributed by atoms with Gasteiger partial charge >= 0.3 is 0 Å². The fraction of sp³-hybridized carbons (Fsp3) is 0.412. The molecule has 1 aromatic heterocycles. The van der Waals surface area contributed by atoms with Gasteiger partial charge in [-0.1, -0.05) is 34.8 Å². The number of fused-ring (bicyclic) bond motifs is 1. The smallest absolute Gasteiger partial charge is 0.267 e. The molecular formula is C17H16F2N4O2S. The van der Waals surface area contributed by atoms with Crippen molar-refractivity contribution in [3.8, 4) is 0 Å². The number of carbonyl (C=O) groups is 2. The molecule has 0 unspecified atom stereocenters. The van der Waals surface area contributed by atoms with Crippen LogP contribution in [0.25, 0.3) is 0 Å². The highest BCUT2D eigenvalue weighted by molar-refractivity contribution is 7.07. The Kier molecular flexibility index (Phi) is 3.80. The molecule has 2 aliphatic rings. The average Bonchev–Trinajstić information content (AvgIpc) is 3.20. The van der Waals surface area contributed by atoms with E-state index < -0.39 is 36.2 Å². The molecule has 0 bridgehead atoms. The van der Waals surface area contributed by atoms with Gasteiger partial charge in [-0.05, 0) is 24.0 Å². The summed E-state index contributed by atoms with van der Waals surface area (Å²) < 4.78 is 34.4. The van der Waals surface area contributed by atoms with E-state index in [1.807, 2.05) is 6.07 Å². The van der Waals surface area contributed by atoms with Crippen LogP contribution in [0.3, 0.4) is 0 Å². The van der Waals surface area contributed by atoms with E-state index in [9.17, 15) is 9.59 Å². The van der Waals surface area contributed by atoms with Crippen molar-refractivity contribution >= 4 is 23.3 Å². The molecule has 3 heterocycles. The van der Waals surface area contributed by atoms with E-state index in [0.717, 1.165) is 22.0 Å². The van der Waals surface area contributed by atoms with Gasteiger partial charge in [0.2, 0.25) is 5.67 Å². The molecule has 0 N–H and O–H groups in total. The molecule has 9 heteroatoms. The number of aryl methyl sites for hydroxylation is 1. The van der Waals surface area contributed by atoms with Gasteiger partial charge in [0.05, 0.1) is 25.3 Å². The predicted octanol–water partition coefficient (Wildman–Crippen LogP) is 1.76. The first-order chi connectivity index (χ1) is 12.3. The standard InChI is InChI=1S/C17H16F2N4O2S/c1-11-13(26-21-20-11)14(24)23-9-16(18)8-22(15(25)17(16,19)10-23)7-12-5-3-2-4-6-12/h2-6H,7-10H2,1H3/t16-,17-/m1/s1. The Hall–Kier alpha value is -2.42. The first-order valence-electron chi connectivity index (χ1n) is 8.13. The Morgan fingerprint density at radius 2 is 1.96 bits per heavy atom. The lowest BCUT2D eigenvalue weighted by Gasteiger charge is -2.22. The van der Waals surface area contributed by atoms with Gasteiger partial charge in [0.25, 0.3) is 11.8 Å². The second kappa shape index (κ2) is 5.80. The third-order valence-corrected chi connectivity index (χ3v) is 5.79. The Morgan fingerprint density at radius 3 is 2.58 bits per heavy atom. The van der Waals surface area contributed by atoms with Gasteiger partial charge in [-0.2, -0.15) is 0 Å². The normalized spacial score (nSPS) is 27.9. The molecule has 2 fully saturated rings. The number of nitrogens with zero attached hydrogens (tertiary/aromatic N) is 4. The summed E-state index contributed by atoms with van der Waals surface area (Å²) >= 11 is 0.881. The molecule has 2 aliphatic heterocycles. The highest BCUT2D eigenvalue weighted by atomic mass is 32.1. The van der Waals surface area contributed by atoms with Gasteiger partial charge < -0.3 is 9.80 Å². The number of amides is 2. The van der Waals surface area contributed by atoms with E-state index in [0.29, 0.717) is 5.69 Å². The first-order valence-corrected chi connectivity index (χ1v) is 8.91. The van der Waals surface area contributed by atoms with Gasteiger partial charge in [-0.3, -0.25) is 9.59 Å². The first kappa shape index (κ1) is 17.0. The third kappa shape index (κ3) is 2.41. The highest BCUT2D eigenvalue weighted by Gasteiger charge is 2.71. The van der Waals surface area contributed by atoms with Crippen LogP contribution < -0.4 is 0 Å². The molecule has 0 saturated carbocycles. The maximum absolute atomic E-state index is 15.4. The van der Waals surface area contributed by atoms with Crippen LogP contribution in [0.4, 0.5) is 8.78 Å². The lowest BCUT2D eigenvalue weighted by Crippen LogP contribution is -2.47.